The number of pyridine rings is 1. The highest BCUT2D eigenvalue weighted by atomic mass is 35.5. The van der Waals surface area contributed by atoms with E-state index in [1.54, 1.807) is 12.1 Å². The number of aryl methyl sites for hydroxylation is 1. The minimum Gasteiger partial charge on any atom is -0.473 e. The van der Waals surface area contributed by atoms with Gasteiger partial charge in [-0.15, -0.1) is 0 Å². The van der Waals surface area contributed by atoms with Crippen LogP contribution in [-0.4, -0.2) is 61.6 Å². The van der Waals surface area contributed by atoms with Gasteiger partial charge in [0.25, 0.3) is 0 Å². The van der Waals surface area contributed by atoms with Crippen LogP contribution >= 0.6 is 11.6 Å². The van der Waals surface area contributed by atoms with Crippen LogP contribution in [0.15, 0.2) is 54.6 Å². The highest BCUT2D eigenvalue weighted by molar-refractivity contribution is 6.30. The third kappa shape index (κ3) is 8.26. The van der Waals surface area contributed by atoms with Gasteiger partial charge in [-0.2, -0.15) is 0 Å². The lowest BCUT2D eigenvalue weighted by Gasteiger charge is -2.35. The van der Waals surface area contributed by atoms with Gasteiger partial charge in [-0.25, -0.2) is 9.37 Å². The van der Waals surface area contributed by atoms with Gasteiger partial charge in [0.2, 0.25) is 5.88 Å². The van der Waals surface area contributed by atoms with Gasteiger partial charge in [0.05, 0.1) is 6.10 Å². The number of likely N-dealkylation sites (tertiary alicyclic amines) is 1. The minimum atomic E-state index is -0.381. The molecule has 0 saturated carbocycles. The van der Waals surface area contributed by atoms with Crippen LogP contribution in [0, 0.1) is 12.7 Å². The fourth-order valence-corrected chi connectivity index (χ4v) is 5.40. The van der Waals surface area contributed by atoms with E-state index in [0.29, 0.717) is 34.6 Å². The van der Waals surface area contributed by atoms with E-state index in [4.69, 9.17) is 26.1 Å². The van der Waals surface area contributed by atoms with Crippen molar-refractivity contribution in [3.05, 3.63) is 87.8 Å². The molecular weight excluding hydrogens is 529 g/mol. The maximum atomic E-state index is 14.1. The monoisotopic (exact) mass is 567 g/mol. The maximum Gasteiger partial charge on any atom is 0.213 e. The number of ether oxygens (including phenoxy) is 2. The lowest BCUT2D eigenvalue weighted by atomic mass is 9.93. The SMILES string of the molecule is CCOC(C)CN(CCN1CCC(c2cccc(OCc3ccc(Cl)cc3F)n2)CC1)c1cc(C=O)ccc1C. The molecule has 6 nitrogen and oxygen atoms in total. The van der Waals surface area contributed by atoms with Crippen molar-refractivity contribution >= 4 is 23.6 Å². The molecule has 1 saturated heterocycles. The second-order valence-corrected chi connectivity index (χ2v) is 10.9. The van der Waals surface area contributed by atoms with Crippen LogP contribution in [0.3, 0.4) is 0 Å². The predicted octanol–water partition coefficient (Wildman–Crippen LogP) is 6.69. The normalized spacial score (nSPS) is 15.1. The fourth-order valence-electron chi connectivity index (χ4n) is 5.24. The number of anilines is 1. The molecule has 1 aromatic heterocycles. The quantitative estimate of drug-likeness (QED) is 0.215. The number of halogens is 2. The van der Waals surface area contributed by atoms with Crippen LogP contribution < -0.4 is 9.64 Å². The Kier molecular flexibility index (Phi) is 10.9. The first-order chi connectivity index (χ1) is 19.4. The summed E-state index contributed by atoms with van der Waals surface area (Å²) in [6.07, 6.45) is 3.02. The van der Waals surface area contributed by atoms with Crippen LogP contribution in [0.2, 0.25) is 5.02 Å². The lowest BCUT2D eigenvalue weighted by molar-refractivity contribution is 0.0804. The summed E-state index contributed by atoms with van der Waals surface area (Å²) in [6.45, 7) is 11.5. The first kappa shape index (κ1) is 30.0. The standard InChI is InChI=1S/C32H39ClFN3O3/c1-4-39-24(3)20-37(31-18-25(21-38)9-8-23(31)2)17-16-36-14-12-26(13-15-36)30-6-5-7-32(35-30)40-22-27-10-11-28(33)19-29(27)34/h5-11,18-19,21,24,26H,4,12-17,20,22H2,1-3H3. The minimum absolute atomic E-state index is 0.0896. The Balaban J connectivity index is 1.33. The number of rotatable bonds is 13. The van der Waals surface area contributed by atoms with Crippen molar-refractivity contribution in [1.82, 2.24) is 9.88 Å². The van der Waals surface area contributed by atoms with Crippen LogP contribution in [0.1, 0.15) is 59.8 Å². The molecule has 214 valence electrons. The largest absolute Gasteiger partial charge is 0.473 e. The number of carbonyl (C=O) groups is 1. The molecule has 1 fully saturated rings. The summed E-state index contributed by atoms with van der Waals surface area (Å²) in [4.78, 5) is 21.0. The second kappa shape index (κ2) is 14.6. The summed E-state index contributed by atoms with van der Waals surface area (Å²) in [5.41, 5.74) is 4.39. The van der Waals surface area contributed by atoms with Gasteiger partial charge in [0, 0.05) is 65.8 Å². The van der Waals surface area contributed by atoms with Gasteiger partial charge in [-0.1, -0.05) is 35.9 Å². The molecule has 0 spiro atoms. The van der Waals surface area contributed by atoms with E-state index in [1.807, 2.05) is 37.3 Å². The number of aldehydes is 1. The highest BCUT2D eigenvalue weighted by Crippen LogP contribution is 2.29. The summed E-state index contributed by atoms with van der Waals surface area (Å²) in [7, 11) is 0. The molecule has 1 unspecified atom stereocenters. The van der Waals surface area contributed by atoms with E-state index in [0.717, 1.165) is 68.8 Å². The molecule has 0 bridgehead atoms. The number of hydrogen-bond donors (Lipinski definition) is 0. The molecule has 8 heteroatoms. The Bertz CT molecular complexity index is 1270. The van der Waals surface area contributed by atoms with Crippen LogP contribution in [0.25, 0.3) is 0 Å². The van der Waals surface area contributed by atoms with E-state index in [9.17, 15) is 9.18 Å². The summed E-state index contributed by atoms with van der Waals surface area (Å²) in [5, 5.41) is 0.364. The van der Waals surface area contributed by atoms with Gasteiger partial charge in [-0.05, 0) is 76.5 Å². The van der Waals surface area contributed by atoms with E-state index in [-0.39, 0.29) is 18.5 Å². The lowest BCUT2D eigenvalue weighted by Crippen LogP contribution is -2.42. The topological polar surface area (TPSA) is 54.9 Å². The highest BCUT2D eigenvalue weighted by Gasteiger charge is 2.23. The van der Waals surface area contributed by atoms with Crippen molar-refractivity contribution < 1.29 is 18.7 Å². The molecule has 1 aliphatic rings. The molecule has 1 aliphatic heterocycles. The van der Waals surface area contributed by atoms with Gasteiger partial charge in [0.15, 0.2) is 0 Å². The molecule has 0 amide bonds. The van der Waals surface area contributed by atoms with Crippen molar-refractivity contribution in [2.45, 2.75) is 52.2 Å². The Hall–Kier alpha value is -3.00. The summed E-state index contributed by atoms with van der Waals surface area (Å²) in [6, 6.07) is 16.3. The van der Waals surface area contributed by atoms with Crippen molar-refractivity contribution in [2.75, 3.05) is 44.2 Å². The Labute approximate surface area is 242 Å². The molecule has 0 N–H and O–H groups in total. The Morgan fingerprint density at radius 2 is 1.98 bits per heavy atom. The Morgan fingerprint density at radius 1 is 1.18 bits per heavy atom. The average Bonchev–Trinajstić information content (AvgIpc) is 2.96. The van der Waals surface area contributed by atoms with E-state index < -0.39 is 0 Å². The Morgan fingerprint density at radius 3 is 2.70 bits per heavy atom. The van der Waals surface area contributed by atoms with Gasteiger partial charge >= 0.3 is 0 Å². The van der Waals surface area contributed by atoms with E-state index >= 15 is 0 Å². The van der Waals surface area contributed by atoms with Crippen molar-refractivity contribution in [3.8, 4) is 5.88 Å². The number of hydrogen-bond acceptors (Lipinski definition) is 6. The van der Waals surface area contributed by atoms with E-state index in [2.05, 4.69) is 29.7 Å². The zero-order valence-electron chi connectivity index (χ0n) is 23.6. The molecule has 40 heavy (non-hydrogen) atoms. The second-order valence-electron chi connectivity index (χ2n) is 10.4. The average molecular weight is 568 g/mol. The molecule has 4 rings (SSSR count). The zero-order valence-corrected chi connectivity index (χ0v) is 24.4. The number of nitrogens with zero attached hydrogens (tertiary/aromatic N) is 3. The smallest absolute Gasteiger partial charge is 0.213 e. The van der Waals surface area contributed by atoms with Gasteiger partial charge in [0.1, 0.15) is 18.7 Å². The maximum absolute atomic E-state index is 14.1. The molecule has 2 aromatic carbocycles. The van der Waals surface area contributed by atoms with Crippen LogP contribution in [0.4, 0.5) is 10.1 Å². The van der Waals surface area contributed by atoms with Crippen molar-refractivity contribution in [3.63, 3.8) is 0 Å². The van der Waals surface area contributed by atoms with Crippen molar-refractivity contribution in [1.29, 1.82) is 0 Å². The summed E-state index contributed by atoms with van der Waals surface area (Å²) < 4.78 is 25.8. The molecule has 1 atom stereocenters. The summed E-state index contributed by atoms with van der Waals surface area (Å²) in [5.74, 6) is 0.475. The molecule has 3 aromatic rings. The summed E-state index contributed by atoms with van der Waals surface area (Å²) >= 11 is 5.85. The van der Waals surface area contributed by atoms with E-state index in [1.165, 1.54) is 6.07 Å². The number of benzene rings is 2. The number of aromatic nitrogens is 1. The third-order valence-corrected chi connectivity index (χ3v) is 7.70. The van der Waals surface area contributed by atoms with Gasteiger partial charge < -0.3 is 19.3 Å². The van der Waals surface area contributed by atoms with Crippen LogP contribution in [-0.2, 0) is 11.3 Å². The first-order valence-corrected chi connectivity index (χ1v) is 14.4. The number of piperidine rings is 1. The van der Waals surface area contributed by atoms with Crippen LogP contribution in [0.5, 0.6) is 5.88 Å². The fraction of sp³-hybridized carbons (Fsp3) is 0.438. The number of carbonyl (C=O) groups excluding carboxylic acids is 1. The molecule has 0 aliphatic carbocycles. The molecule has 0 radical (unpaired) electrons. The zero-order chi connectivity index (χ0) is 28.5. The predicted molar refractivity (Wildman–Crippen MR) is 158 cm³/mol. The molecular formula is C32H39ClFN3O3. The molecule has 2 heterocycles. The third-order valence-electron chi connectivity index (χ3n) is 7.47. The first-order valence-electron chi connectivity index (χ1n) is 14.0. The van der Waals surface area contributed by atoms with Gasteiger partial charge in [-0.3, -0.25) is 4.79 Å². The van der Waals surface area contributed by atoms with Crippen molar-refractivity contribution in [2.24, 2.45) is 0 Å².